The summed E-state index contributed by atoms with van der Waals surface area (Å²) in [5.74, 6) is -0.756. The number of hydrogen-bond donors (Lipinski definition) is 2. The van der Waals surface area contributed by atoms with E-state index in [2.05, 4.69) is 10.0 Å². The summed E-state index contributed by atoms with van der Waals surface area (Å²) in [6.45, 7) is 4.74. The number of rotatable bonds is 6. The van der Waals surface area contributed by atoms with Gasteiger partial charge in [-0.3, -0.25) is 4.79 Å². The van der Waals surface area contributed by atoms with Crippen molar-refractivity contribution in [3.63, 3.8) is 0 Å². The molecule has 0 bridgehead atoms. The second kappa shape index (κ2) is 6.81. The third-order valence-corrected chi connectivity index (χ3v) is 4.16. The summed E-state index contributed by atoms with van der Waals surface area (Å²) in [6.07, 6.45) is 0. The molecule has 0 saturated carbocycles. The van der Waals surface area contributed by atoms with Gasteiger partial charge in [-0.15, -0.1) is 0 Å². The van der Waals surface area contributed by atoms with E-state index < -0.39 is 15.9 Å². The fourth-order valence-corrected chi connectivity index (χ4v) is 2.23. The molecule has 1 aromatic carbocycles. The van der Waals surface area contributed by atoms with Crippen LogP contribution in [0.5, 0.6) is 0 Å². The topological polar surface area (TPSA) is 75.3 Å². The molecule has 0 atom stereocenters. The van der Waals surface area contributed by atoms with Crippen molar-refractivity contribution in [1.82, 2.24) is 10.0 Å². The quantitative estimate of drug-likeness (QED) is 0.823. The number of sulfonamides is 1. The molecule has 1 aromatic rings. The van der Waals surface area contributed by atoms with Crippen LogP contribution < -0.4 is 10.0 Å². The van der Waals surface area contributed by atoms with Gasteiger partial charge in [-0.05, 0) is 37.5 Å². The van der Waals surface area contributed by atoms with E-state index in [1.807, 2.05) is 0 Å². The van der Waals surface area contributed by atoms with Crippen molar-refractivity contribution in [3.05, 3.63) is 34.6 Å². The highest BCUT2D eigenvalue weighted by Gasteiger charge is 2.10. The van der Waals surface area contributed by atoms with Crippen LogP contribution in [0.25, 0.3) is 0 Å². The van der Waals surface area contributed by atoms with Gasteiger partial charge in [0.1, 0.15) is 5.82 Å². The highest BCUT2D eigenvalue weighted by Crippen LogP contribution is 2.14. The van der Waals surface area contributed by atoms with Crippen LogP contribution in [0, 0.1) is 19.7 Å². The summed E-state index contributed by atoms with van der Waals surface area (Å²) in [4.78, 5) is 11.5. The summed E-state index contributed by atoms with van der Waals surface area (Å²) < 4.78 is 38.0. The normalized spacial score (nSPS) is 11.4. The predicted octanol–water partition coefficient (Wildman–Crippen LogP) is 0.998. The Bertz CT molecular complexity index is 577. The van der Waals surface area contributed by atoms with Crippen molar-refractivity contribution >= 4 is 15.9 Å². The van der Waals surface area contributed by atoms with Crippen LogP contribution in [-0.4, -0.2) is 26.6 Å². The second-order valence-electron chi connectivity index (χ2n) is 4.54. The van der Waals surface area contributed by atoms with Gasteiger partial charge in [0.15, 0.2) is 0 Å². The summed E-state index contributed by atoms with van der Waals surface area (Å²) in [7, 11) is -3.38. The Hall–Kier alpha value is -1.47. The number of hydrogen-bond acceptors (Lipinski definition) is 3. The lowest BCUT2D eigenvalue weighted by Gasteiger charge is -2.09. The Kier molecular flexibility index (Phi) is 5.64. The Labute approximate surface area is 118 Å². The number of benzene rings is 1. The molecular weight excluding hydrogens is 283 g/mol. The molecule has 0 fully saturated rings. The molecule has 0 heterocycles. The summed E-state index contributed by atoms with van der Waals surface area (Å²) in [5.41, 5.74) is 1.80. The first-order chi connectivity index (χ1) is 9.25. The summed E-state index contributed by atoms with van der Waals surface area (Å²) in [6, 6.07) is 3.30. The van der Waals surface area contributed by atoms with E-state index in [1.165, 1.54) is 6.92 Å². The third kappa shape index (κ3) is 4.90. The Morgan fingerprint density at radius 2 is 1.80 bits per heavy atom. The standard InChI is InChI=1S/C13H19FN2O3S/c1-4-20(18,19)16-8-12(17)15-7-11-5-9(2)13(14)10(3)6-11/h5-6,16H,4,7-8H2,1-3H3,(H,15,17). The zero-order chi connectivity index (χ0) is 15.3. The molecule has 1 rings (SSSR count). The molecule has 0 spiro atoms. The number of amides is 1. The molecule has 0 unspecified atom stereocenters. The lowest BCUT2D eigenvalue weighted by molar-refractivity contribution is -0.120. The van der Waals surface area contributed by atoms with Crippen molar-refractivity contribution in [3.8, 4) is 0 Å². The van der Waals surface area contributed by atoms with Gasteiger partial charge in [-0.1, -0.05) is 12.1 Å². The van der Waals surface area contributed by atoms with E-state index in [4.69, 9.17) is 0 Å². The van der Waals surface area contributed by atoms with Crippen molar-refractivity contribution in [2.45, 2.75) is 27.3 Å². The van der Waals surface area contributed by atoms with E-state index in [-0.39, 0.29) is 24.7 Å². The largest absolute Gasteiger partial charge is 0.351 e. The Balaban J connectivity index is 2.54. The van der Waals surface area contributed by atoms with E-state index in [9.17, 15) is 17.6 Å². The van der Waals surface area contributed by atoms with Crippen LogP contribution >= 0.6 is 0 Å². The molecule has 0 aliphatic rings. The van der Waals surface area contributed by atoms with Crippen LogP contribution in [0.4, 0.5) is 4.39 Å². The molecule has 1 amide bonds. The first-order valence-electron chi connectivity index (χ1n) is 6.25. The molecule has 0 aliphatic heterocycles. The van der Waals surface area contributed by atoms with Crippen molar-refractivity contribution < 1.29 is 17.6 Å². The fourth-order valence-electron chi connectivity index (χ4n) is 1.68. The van der Waals surface area contributed by atoms with Crippen LogP contribution in [0.2, 0.25) is 0 Å². The molecular formula is C13H19FN2O3S. The lowest BCUT2D eigenvalue weighted by Crippen LogP contribution is -2.37. The zero-order valence-corrected chi connectivity index (χ0v) is 12.6. The van der Waals surface area contributed by atoms with Gasteiger partial charge in [0.2, 0.25) is 15.9 Å². The minimum absolute atomic E-state index is 0.0728. The van der Waals surface area contributed by atoms with Gasteiger partial charge in [0.25, 0.3) is 0 Å². The smallest absolute Gasteiger partial charge is 0.235 e. The van der Waals surface area contributed by atoms with E-state index in [1.54, 1.807) is 26.0 Å². The van der Waals surface area contributed by atoms with E-state index in [0.29, 0.717) is 11.1 Å². The van der Waals surface area contributed by atoms with Crippen LogP contribution in [0.3, 0.4) is 0 Å². The van der Waals surface area contributed by atoms with Gasteiger partial charge in [0, 0.05) is 6.54 Å². The van der Waals surface area contributed by atoms with Crippen LogP contribution in [-0.2, 0) is 21.4 Å². The highest BCUT2D eigenvalue weighted by molar-refractivity contribution is 7.89. The van der Waals surface area contributed by atoms with Crippen molar-refractivity contribution in [2.75, 3.05) is 12.3 Å². The van der Waals surface area contributed by atoms with Gasteiger partial charge in [0.05, 0.1) is 12.3 Å². The van der Waals surface area contributed by atoms with Gasteiger partial charge < -0.3 is 5.32 Å². The van der Waals surface area contributed by atoms with E-state index in [0.717, 1.165) is 5.56 Å². The minimum Gasteiger partial charge on any atom is -0.351 e. The average molecular weight is 302 g/mol. The maximum Gasteiger partial charge on any atom is 0.235 e. The first-order valence-corrected chi connectivity index (χ1v) is 7.90. The molecule has 7 heteroatoms. The molecule has 2 N–H and O–H groups in total. The molecule has 5 nitrogen and oxygen atoms in total. The zero-order valence-electron chi connectivity index (χ0n) is 11.8. The molecule has 0 saturated heterocycles. The van der Waals surface area contributed by atoms with E-state index >= 15 is 0 Å². The SMILES string of the molecule is CCS(=O)(=O)NCC(=O)NCc1cc(C)c(F)c(C)c1. The molecule has 112 valence electrons. The third-order valence-electron chi connectivity index (χ3n) is 2.82. The maximum absolute atomic E-state index is 13.4. The van der Waals surface area contributed by atoms with Gasteiger partial charge >= 0.3 is 0 Å². The number of aryl methyl sites for hydroxylation is 2. The summed E-state index contributed by atoms with van der Waals surface area (Å²) >= 11 is 0. The average Bonchev–Trinajstić information content (AvgIpc) is 2.40. The van der Waals surface area contributed by atoms with Crippen molar-refractivity contribution in [1.29, 1.82) is 0 Å². The predicted molar refractivity (Wildman–Crippen MR) is 75.2 cm³/mol. The molecule has 20 heavy (non-hydrogen) atoms. The molecule has 0 aliphatic carbocycles. The monoisotopic (exact) mass is 302 g/mol. The highest BCUT2D eigenvalue weighted by atomic mass is 32.2. The minimum atomic E-state index is -3.38. The van der Waals surface area contributed by atoms with Gasteiger partial charge in [-0.25, -0.2) is 17.5 Å². The number of carbonyl (C=O) groups excluding carboxylic acids is 1. The molecule has 0 aromatic heterocycles. The first kappa shape index (κ1) is 16.6. The van der Waals surface area contributed by atoms with Crippen molar-refractivity contribution in [2.24, 2.45) is 0 Å². The van der Waals surface area contributed by atoms with Gasteiger partial charge in [-0.2, -0.15) is 0 Å². The fraction of sp³-hybridized carbons (Fsp3) is 0.462. The number of carbonyl (C=O) groups is 1. The van der Waals surface area contributed by atoms with Crippen LogP contribution in [0.15, 0.2) is 12.1 Å². The second-order valence-corrected chi connectivity index (χ2v) is 6.64. The number of halogens is 1. The summed E-state index contributed by atoms with van der Waals surface area (Å²) in [5, 5.41) is 2.58. The lowest BCUT2D eigenvalue weighted by atomic mass is 10.1. The Morgan fingerprint density at radius 3 is 2.30 bits per heavy atom. The Morgan fingerprint density at radius 1 is 1.25 bits per heavy atom. The van der Waals surface area contributed by atoms with Crippen LogP contribution in [0.1, 0.15) is 23.6 Å². The molecule has 0 radical (unpaired) electrons. The number of nitrogens with one attached hydrogen (secondary N) is 2. The maximum atomic E-state index is 13.4.